The highest BCUT2D eigenvalue weighted by Crippen LogP contribution is 2.32. The number of nitrogens with one attached hydrogen (secondary N) is 1. The third-order valence-corrected chi connectivity index (χ3v) is 7.46. The second-order valence-corrected chi connectivity index (χ2v) is 10.7. The SMILES string of the molecule is COc1cc(C=C2C(=N)N3N=C(S(C)(=O)=O)SC3=NC2=O)ccc1OCCOc1ccc(C)cc1. The van der Waals surface area contributed by atoms with Gasteiger partial charge >= 0.3 is 0 Å². The Balaban J connectivity index is 1.46. The number of carbonyl (C=O) groups excluding carboxylic acids is 1. The maximum Gasteiger partial charge on any atom is 0.283 e. The van der Waals surface area contributed by atoms with Gasteiger partial charge in [0, 0.05) is 6.26 Å². The standard InChI is InChI=1S/C23H22N4O6S2/c1-14-4-7-16(8-5-14)32-10-11-33-18-9-6-15(13-19(18)31-2)12-17-20(24)27-22(25-21(17)28)34-23(26-27)35(3,29)30/h4-9,12-13,24H,10-11H2,1-3H3. The fourth-order valence-electron chi connectivity index (χ4n) is 3.13. The highest BCUT2D eigenvalue weighted by Gasteiger charge is 2.38. The Morgan fingerprint density at radius 3 is 2.49 bits per heavy atom. The minimum atomic E-state index is -3.60. The van der Waals surface area contributed by atoms with Gasteiger partial charge in [-0.05, 0) is 54.6 Å². The number of benzene rings is 2. The van der Waals surface area contributed by atoms with E-state index in [0.29, 0.717) is 30.3 Å². The smallest absolute Gasteiger partial charge is 0.283 e. The minimum absolute atomic E-state index is 0.0323. The number of fused-ring (bicyclic) bond motifs is 1. The summed E-state index contributed by atoms with van der Waals surface area (Å²) < 4.78 is 40.2. The van der Waals surface area contributed by atoms with Crippen molar-refractivity contribution in [1.29, 1.82) is 5.41 Å². The molecule has 2 heterocycles. The molecule has 0 spiro atoms. The molecule has 0 aliphatic carbocycles. The van der Waals surface area contributed by atoms with Crippen molar-refractivity contribution >= 4 is 49.0 Å². The lowest BCUT2D eigenvalue weighted by molar-refractivity contribution is -0.114. The second-order valence-electron chi connectivity index (χ2n) is 7.58. The van der Waals surface area contributed by atoms with E-state index in [0.717, 1.165) is 34.3 Å². The van der Waals surface area contributed by atoms with Crippen LogP contribution >= 0.6 is 11.8 Å². The molecule has 35 heavy (non-hydrogen) atoms. The monoisotopic (exact) mass is 514 g/mol. The summed E-state index contributed by atoms with van der Waals surface area (Å²) in [5, 5.41) is 13.4. The number of thioether (sulfide) groups is 1. The zero-order valence-electron chi connectivity index (χ0n) is 19.1. The van der Waals surface area contributed by atoms with Crippen LogP contribution < -0.4 is 14.2 Å². The summed E-state index contributed by atoms with van der Waals surface area (Å²) in [7, 11) is -2.10. The highest BCUT2D eigenvalue weighted by atomic mass is 32.3. The van der Waals surface area contributed by atoms with E-state index in [1.807, 2.05) is 31.2 Å². The molecular formula is C23H22N4O6S2. The lowest BCUT2D eigenvalue weighted by Gasteiger charge is -2.20. The zero-order chi connectivity index (χ0) is 25.2. The van der Waals surface area contributed by atoms with Crippen LogP contribution in [0.5, 0.6) is 17.2 Å². The van der Waals surface area contributed by atoms with Gasteiger partial charge in [0.15, 0.2) is 17.3 Å². The van der Waals surface area contributed by atoms with Gasteiger partial charge in [-0.25, -0.2) is 8.42 Å². The van der Waals surface area contributed by atoms with Crippen LogP contribution in [-0.4, -0.2) is 61.3 Å². The van der Waals surface area contributed by atoms with Crippen molar-refractivity contribution in [1.82, 2.24) is 5.01 Å². The molecule has 2 aliphatic rings. The number of methoxy groups -OCH3 is 1. The number of carbonyl (C=O) groups is 1. The zero-order valence-corrected chi connectivity index (χ0v) is 20.8. The normalized spacial score (nSPS) is 16.7. The third-order valence-electron chi connectivity index (χ3n) is 4.88. The Morgan fingerprint density at radius 1 is 1.09 bits per heavy atom. The number of hydrogen-bond acceptors (Lipinski definition) is 9. The second kappa shape index (κ2) is 9.92. The average molecular weight is 515 g/mol. The van der Waals surface area contributed by atoms with Crippen LogP contribution in [0, 0.1) is 12.3 Å². The molecule has 2 aliphatic heterocycles. The lowest BCUT2D eigenvalue weighted by Crippen LogP contribution is -2.35. The molecule has 0 fully saturated rings. The van der Waals surface area contributed by atoms with E-state index in [4.69, 9.17) is 19.6 Å². The molecule has 0 bridgehead atoms. The summed E-state index contributed by atoms with van der Waals surface area (Å²) in [4.78, 5) is 16.4. The number of aryl methyl sites for hydroxylation is 1. The molecule has 10 nitrogen and oxygen atoms in total. The van der Waals surface area contributed by atoms with Gasteiger partial charge in [0.2, 0.25) is 19.4 Å². The van der Waals surface area contributed by atoms with Gasteiger partial charge in [0.1, 0.15) is 19.0 Å². The molecule has 12 heteroatoms. The number of hydrogen-bond donors (Lipinski definition) is 1. The fraction of sp³-hybridized carbons (Fsp3) is 0.217. The van der Waals surface area contributed by atoms with Gasteiger partial charge in [-0.15, -0.1) is 5.10 Å². The first-order chi connectivity index (χ1) is 16.7. The number of amides is 1. The molecule has 0 radical (unpaired) electrons. The summed E-state index contributed by atoms with van der Waals surface area (Å²) in [5.74, 6) is 0.751. The van der Waals surface area contributed by atoms with Gasteiger partial charge < -0.3 is 14.2 Å². The Bertz CT molecular complexity index is 1380. The molecule has 0 aromatic heterocycles. The maximum atomic E-state index is 12.5. The molecule has 0 saturated carbocycles. The highest BCUT2D eigenvalue weighted by molar-refractivity contribution is 8.42. The first-order valence-electron chi connectivity index (χ1n) is 10.4. The van der Waals surface area contributed by atoms with Crippen molar-refractivity contribution in [3.63, 3.8) is 0 Å². The van der Waals surface area contributed by atoms with Crippen LogP contribution in [0.4, 0.5) is 0 Å². The number of aliphatic imine (C=N–C) groups is 1. The largest absolute Gasteiger partial charge is 0.493 e. The summed E-state index contributed by atoms with van der Waals surface area (Å²) >= 11 is 0.736. The lowest BCUT2D eigenvalue weighted by atomic mass is 10.1. The first-order valence-corrected chi connectivity index (χ1v) is 13.1. The van der Waals surface area contributed by atoms with Gasteiger partial charge in [0.25, 0.3) is 5.91 Å². The number of hydrazone groups is 1. The van der Waals surface area contributed by atoms with E-state index in [1.54, 1.807) is 18.2 Å². The average Bonchev–Trinajstić information content (AvgIpc) is 3.26. The topological polar surface area (TPSA) is 131 Å². The number of rotatable bonds is 7. The Kier molecular flexibility index (Phi) is 6.94. The van der Waals surface area contributed by atoms with Gasteiger partial charge in [0.05, 0.1) is 12.7 Å². The quantitative estimate of drug-likeness (QED) is 0.441. The van der Waals surface area contributed by atoms with Crippen LogP contribution in [-0.2, 0) is 14.6 Å². The van der Waals surface area contributed by atoms with E-state index in [1.165, 1.54) is 13.2 Å². The molecule has 2 aromatic carbocycles. The molecule has 1 N–H and O–H groups in total. The van der Waals surface area contributed by atoms with Crippen molar-refractivity contribution in [2.75, 3.05) is 26.6 Å². The van der Waals surface area contributed by atoms with Crippen LogP contribution in [0.2, 0.25) is 0 Å². The number of amidine groups is 2. The minimum Gasteiger partial charge on any atom is -0.493 e. The van der Waals surface area contributed by atoms with E-state index >= 15 is 0 Å². The molecule has 4 rings (SSSR count). The van der Waals surface area contributed by atoms with Gasteiger partial charge in [-0.2, -0.15) is 10.0 Å². The Labute approximate surface area is 206 Å². The summed E-state index contributed by atoms with van der Waals surface area (Å²) in [6, 6.07) is 12.8. The molecule has 0 saturated heterocycles. The predicted molar refractivity (Wildman–Crippen MR) is 135 cm³/mol. The molecule has 182 valence electrons. The van der Waals surface area contributed by atoms with Gasteiger partial charge in [-0.1, -0.05) is 23.8 Å². The summed E-state index contributed by atoms with van der Waals surface area (Å²) in [6.45, 7) is 2.64. The van der Waals surface area contributed by atoms with Crippen LogP contribution in [0.15, 0.2) is 58.1 Å². The number of nitrogens with zero attached hydrogens (tertiary/aromatic N) is 3. The van der Waals surface area contributed by atoms with E-state index in [-0.39, 0.29) is 21.0 Å². The Morgan fingerprint density at radius 2 is 1.80 bits per heavy atom. The number of sulfone groups is 1. The third kappa shape index (κ3) is 5.54. The van der Waals surface area contributed by atoms with Crippen LogP contribution in [0.3, 0.4) is 0 Å². The van der Waals surface area contributed by atoms with E-state index < -0.39 is 15.7 Å². The van der Waals surface area contributed by atoms with Crippen molar-refractivity contribution in [2.24, 2.45) is 10.1 Å². The van der Waals surface area contributed by atoms with E-state index in [2.05, 4.69) is 10.1 Å². The number of ether oxygens (including phenoxy) is 3. The molecular weight excluding hydrogens is 492 g/mol. The van der Waals surface area contributed by atoms with Crippen molar-refractivity contribution in [2.45, 2.75) is 6.92 Å². The fourth-order valence-corrected chi connectivity index (χ4v) is 4.81. The molecule has 1 amide bonds. The van der Waals surface area contributed by atoms with Crippen molar-refractivity contribution in [3.8, 4) is 17.2 Å². The maximum absolute atomic E-state index is 12.5. The molecule has 0 unspecified atom stereocenters. The molecule has 0 atom stereocenters. The van der Waals surface area contributed by atoms with Crippen LogP contribution in [0.1, 0.15) is 11.1 Å². The first kappa shape index (κ1) is 24.5. The summed E-state index contributed by atoms with van der Waals surface area (Å²) in [5.41, 5.74) is 1.68. The Hall–Kier alpha value is -3.64. The molecule has 2 aromatic rings. The van der Waals surface area contributed by atoms with Gasteiger partial charge in [-0.3, -0.25) is 10.2 Å². The van der Waals surface area contributed by atoms with Crippen molar-refractivity contribution < 1.29 is 27.4 Å². The summed E-state index contributed by atoms with van der Waals surface area (Å²) in [6.07, 6.45) is 2.47. The predicted octanol–water partition coefficient (Wildman–Crippen LogP) is 3.08. The van der Waals surface area contributed by atoms with Crippen LogP contribution in [0.25, 0.3) is 6.08 Å². The van der Waals surface area contributed by atoms with E-state index in [9.17, 15) is 13.2 Å². The van der Waals surface area contributed by atoms with Crippen molar-refractivity contribution in [3.05, 3.63) is 59.2 Å².